The number of ether oxygens (including phenoxy) is 3. The first kappa shape index (κ1) is 36.1. The van der Waals surface area contributed by atoms with Gasteiger partial charge in [0.25, 0.3) is 0 Å². The summed E-state index contributed by atoms with van der Waals surface area (Å²) in [6.07, 6.45) is 0. The van der Waals surface area contributed by atoms with Gasteiger partial charge in [-0.15, -0.1) is 0 Å². The van der Waals surface area contributed by atoms with E-state index < -0.39 is 41.3 Å². The molecular weight excluding hydrogens is 630 g/mol. The molecule has 2 aromatic carbocycles. The zero-order valence-corrected chi connectivity index (χ0v) is 26.0. The van der Waals surface area contributed by atoms with Crippen LogP contribution in [-0.2, 0) is 75.0 Å². The molecule has 13 heteroatoms. The van der Waals surface area contributed by atoms with Crippen molar-refractivity contribution in [1.82, 2.24) is 0 Å². The fourth-order valence-electron chi connectivity index (χ4n) is 2.13. The van der Waals surface area contributed by atoms with E-state index in [9.17, 15) is 29.4 Å². The molecule has 190 valence electrons. The second-order valence-electron chi connectivity index (χ2n) is 7.47. The van der Waals surface area contributed by atoms with E-state index in [0.717, 1.165) is 12.1 Å². The maximum absolute atomic E-state index is 11.4. The average Bonchev–Trinajstić information content (AvgIpc) is 2.76. The largest absolute Gasteiger partial charge is 0.504 e. The number of phenolic OH excluding ortho intramolecular Hbond substituents is 2. The molecule has 2 radical (unpaired) electrons. The third kappa shape index (κ3) is 10.9. The quantitative estimate of drug-likeness (QED) is 0.195. The maximum atomic E-state index is 11.4. The van der Waals surface area contributed by atoms with E-state index in [1.165, 1.54) is 25.3 Å². The van der Waals surface area contributed by atoms with Crippen molar-refractivity contribution in [3.8, 4) is 28.7 Å². The van der Waals surface area contributed by atoms with Crippen LogP contribution in [0, 0.1) is 11.8 Å². The average molecular weight is 656 g/mol. The van der Waals surface area contributed by atoms with E-state index in [-0.39, 0.29) is 99.7 Å². The van der Waals surface area contributed by atoms with Crippen molar-refractivity contribution in [3.63, 3.8) is 0 Å². The van der Waals surface area contributed by atoms with Gasteiger partial charge >= 0.3 is 23.9 Å². The van der Waals surface area contributed by atoms with Crippen molar-refractivity contribution in [2.24, 2.45) is 11.8 Å². The topological polar surface area (TPSA) is 177 Å². The predicted octanol–water partition coefficient (Wildman–Crippen LogP) is 3.31. The van der Waals surface area contributed by atoms with Crippen molar-refractivity contribution in [2.75, 3.05) is 7.11 Å². The van der Waals surface area contributed by atoms with Crippen molar-refractivity contribution in [3.05, 3.63) is 41.5 Å². The summed E-state index contributed by atoms with van der Waals surface area (Å²) < 4.78 is 14.8. The molecule has 0 fully saturated rings. The molecule has 0 unspecified atom stereocenters. The van der Waals surface area contributed by atoms with Crippen molar-refractivity contribution in [2.45, 2.75) is 27.7 Å². The summed E-state index contributed by atoms with van der Waals surface area (Å²) in [5, 5.41) is 36.2. The summed E-state index contributed by atoms with van der Waals surface area (Å²) in [6.45, 7) is 6.58. The van der Waals surface area contributed by atoms with Gasteiger partial charge in [-0.25, -0.2) is 9.59 Å². The number of hydrogen-bond acceptors (Lipinski definition) is 9. The molecule has 0 spiro atoms. The van der Waals surface area contributed by atoms with Gasteiger partial charge in [-0.1, -0.05) is 27.7 Å². The standard InChI is InChI=1S/C12H14O5.C11H12O6.2Y/c1-7(2)12(15)17-9-5-4-8(11(13)14)6-10(9)16-3;1-5(2)11(16)17-8-4-6(10(14)15)3-7(12)9(8)13;;/h4-7H,1-3H3,(H,13,14);3-5,12-13H,1-2H3,(H,14,15);;. The Hall–Kier alpha value is -2.07. The van der Waals surface area contributed by atoms with E-state index in [1.54, 1.807) is 27.7 Å². The summed E-state index contributed by atoms with van der Waals surface area (Å²) in [7, 11) is 1.38. The van der Waals surface area contributed by atoms with Gasteiger partial charge in [0.05, 0.1) is 30.1 Å². The number of hydrogen-bond donors (Lipinski definition) is 4. The van der Waals surface area contributed by atoms with E-state index in [1.807, 2.05) is 0 Å². The second-order valence-corrected chi connectivity index (χ2v) is 7.47. The molecule has 0 heterocycles. The fourth-order valence-corrected chi connectivity index (χ4v) is 2.13. The van der Waals surface area contributed by atoms with Crippen LogP contribution in [0.1, 0.15) is 48.4 Å². The molecule has 0 saturated heterocycles. The molecule has 0 amide bonds. The Morgan fingerprint density at radius 3 is 1.56 bits per heavy atom. The Bertz CT molecular complexity index is 1080. The number of rotatable bonds is 7. The Labute approximate surface area is 257 Å². The van der Waals surface area contributed by atoms with Crippen LogP contribution in [0.15, 0.2) is 30.3 Å². The Balaban J connectivity index is 0. The van der Waals surface area contributed by atoms with Crippen molar-refractivity contribution >= 4 is 23.9 Å². The van der Waals surface area contributed by atoms with Gasteiger partial charge in [-0.3, -0.25) is 9.59 Å². The number of aromatic hydroxyl groups is 2. The number of carbonyl (C=O) groups excluding carboxylic acids is 2. The van der Waals surface area contributed by atoms with Gasteiger partial charge in [0.2, 0.25) is 5.75 Å². The SMILES string of the molecule is CC(C)C(=O)Oc1cc(C(=O)O)cc(O)c1O.COc1cc(C(=O)O)ccc1OC(=O)C(C)C.[Y].[Y]. The van der Waals surface area contributed by atoms with Crippen LogP contribution in [0.4, 0.5) is 0 Å². The zero-order valence-electron chi connectivity index (χ0n) is 20.3. The van der Waals surface area contributed by atoms with Crippen molar-refractivity contribution < 1.29 is 119 Å². The monoisotopic (exact) mass is 656 g/mol. The first-order valence-corrected chi connectivity index (χ1v) is 9.92. The molecule has 0 atom stereocenters. The summed E-state index contributed by atoms with van der Waals surface area (Å²) >= 11 is 0. The number of methoxy groups -OCH3 is 1. The first-order valence-electron chi connectivity index (χ1n) is 9.92. The summed E-state index contributed by atoms with van der Waals surface area (Å²) in [5.74, 6) is -5.36. The molecule has 0 aliphatic rings. The second kappa shape index (κ2) is 16.6. The van der Waals surface area contributed by atoms with Gasteiger partial charge in [0.15, 0.2) is 23.0 Å². The minimum Gasteiger partial charge on any atom is -0.504 e. The van der Waals surface area contributed by atoms with Crippen LogP contribution in [0.2, 0.25) is 0 Å². The minimum absolute atomic E-state index is 0. The van der Waals surface area contributed by atoms with Crippen LogP contribution in [0.25, 0.3) is 0 Å². The molecule has 36 heavy (non-hydrogen) atoms. The third-order valence-corrected chi connectivity index (χ3v) is 4.08. The van der Waals surface area contributed by atoms with Crippen LogP contribution < -0.4 is 14.2 Å². The van der Waals surface area contributed by atoms with E-state index >= 15 is 0 Å². The predicted molar refractivity (Wildman–Crippen MR) is 118 cm³/mol. The smallest absolute Gasteiger partial charge is 0.335 e. The maximum Gasteiger partial charge on any atom is 0.335 e. The van der Waals surface area contributed by atoms with E-state index in [0.29, 0.717) is 0 Å². The summed E-state index contributed by atoms with van der Waals surface area (Å²) in [6, 6.07) is 5.91. The third-order valence-electron chi connectivity index (χ3n) is 4.08. The van der Waals surface area contributed by atoms with Gasteiger partial charge < -0.3 is 34.6 Å². The van der Waals surface area contributed by atoms with Gasteiger partial charge in [-0.2, -0.15) is 0 Å². The molecule has 2 aromatic rings. The van der Waals surface area contributed by atoms with Crippen molar-refractivity contribution in [1.29, 1.82) is 0 Å². The van der Waals surface area contributed by atoms with Crippen LogP contribution in [-0.4, -0.2) is 51.4 Å². The Morgan fingerprint density at radius 1 is 0.694 bits per heavy atom. The van der Waals surface area contributed by atoms with E-state index in [4.69, 9.17) is 24.4 Å². The fraction of sp³-hybridized carbons (Fsp3) is 0.304. The molecule has 0 aromatic heterocycles. The van der Waals surface area contributed by atoms with E-state index in [2.05, 4.69) is 0 Å². The molecule has 4 N–H and O–H groups in total. The zero-order chi connectivity index (χ0) is 26.2. The Kier molecular flexibility index (Phi) is 16.7. The van der Waals surface area contributed by atoms with Crippen LogP contribution in [0.5, 0.6) is 28.7 Å². The summed E-state index contributed by atoms with van der Waals surface area (Å²) in [4.78, 5) is 44.2. The number of esters is 2. The number of carboxylic acid groups (broad SMARTS) is 2. The molecule has 0 aliphatic heterocycles. The van der Waals surface area contributed by atoms with Gasteiger partial charge in [0, 0.05) is 65.4 Å². The number of aromatic carboxylic acids is 2. The van der Waals surface area contributed by atoms with Gasteiger partial charge in [-0.05, 0) is 30.3 Å². The molecule has 2 rings (SSSR count). The van der Waals surface area contributed by atoms with Crippen LogP contribution in [0.3, 0.4) is 0 Å². The number of carboxylic acids is 2. The molecule has 0 saturated carbocycles. The number of carbonyl (C=O) groups is 4. The normalized spacial score (nSPS) is 9.64. The van der Waals surface area contributed by atoms with Crippen LogP contribution >= 0.6 is 0 Å². The molecule has 0 bridgehead atoms. The first-order chi connectivity index (χ1) is 15.8. The van der Waals surface area contributed by atoms with Gasteiger partial charge in [0.1, 0.15) is 0 Å². The molecule has 0 aliphatic carbocycles. The summed E-state index contributed by atoms with van der Waals surface area (Å²) in [5.41, 5.74) is -0.210. The molecular formula is C23H26O11Y2. The number of phenols is 2. The molecule has 11 nitrogen and oxygen atoms in total. The number of benzene rings is 2. The minimum atomic E-state index is -1.30. The Morgan fingerprint density at radius 2 is 1.14 bits per heavy atom.